The van der Waals surface area contributed by atoms with Crippen molar-refractivity contribution in [2.75, 3.05) is 35.4 Å². The molecule has 1 amide bonds. The van der Waals surface area contributed by atoms with E-state index >= 15 is 0 Å². The van der Waals surface area contributed by atoms with Crippen molar-refractivity contribution in [3.05, 3.63) is 90.0 Å². The van der Waals surface area contributed by atoms with Gasteiger partial charge in [0.2, 0.25) is 0 Å². The topological polar surface area (TPSA) is 60.9 Å². The monoisotopic (exact) mass is 505 g/mol. The SMILES string of the molecule is CCCCN(c1ccccc1)S(=O)(=O)c1cccc(C(=O)N2CCN(c3cccc(C)c3)C(C)C2)c1. The van der Waals surface area contributed by atoms with Crippen LogP contribution in [0.2, 0.25) is 0 Å². The molecular weight excluding hydrogens is 470 g/mol. The molecule has 190 valence electrons. The van der Waals surface area contributed by atoms with E-state index in [9.17, 15) is 13.2 Å². The van der Waals surface area contributed by atoms with Gasteiger partial charge >= 0.3 is 0 Å². The van der Waals surface area contributed by atoms with E-state index in [1.807, 2.05) is 30.0 Å². The van der Waals surface area contributed by atoms with Crippen LogP contribution in [0.15, 0.2) is 83.8 Å². The van der Waals surface area contributed by atoms with Gasteiger partial charge in [-0.15, -0.1) is 0 Å². The van der Waals surface area contributed by atoms with Crippen molar-refractivity contribution >= 4 is 27.3 Å². The summed E-state index contributed by atoms with van der Waals surface area (Å²) in [5.41, 5.74) is 3.40. The van der Waals surface area contributed by atoms with Crippen molar-refractivity contribution in [2.24, 2.45) is 0 Å². The first-order valence-corrected chi connectivity index (χ1v) is 14.1. The van der Waals surface area contributed by atoms with Crippen LogP contribution in [-0.2, 0) is 10.0 Å². The maximum atomic E-state index is 13.7. The molecular formula is C29H35N3O3S. The third-order valence-electron chi connectivity index (χ3n) is 6.68. The zero-order chi connectivity index (χ0) is 25.7. The Bertz CT molecular complexity index is 1290. The smallest absolute Gasteiger partial charge is 0.264 e. The Balaban J connectivity index is 1.54. The van der Waals surface area contributed by atoms with Gasteiger partial charge in [0.05, 0.1) is 10.6 Å². The van der Waals surface area contributed by atoms with Crippen LogP contribution in [0.5, 0.6) is 0 Å². The molecule has 1 unspecified atom stereocenters. The number of unbranched alkanes of at least 4 members (excludes halogenated alkanes) is 1. The first kappa shape index (κ1) is 25.8. The van der Waals surface area contributed by atoms with Crippen molar-refractivity contribution in [1.29, 1.82) is 0 Å². The number of para-hydroxylation sites is 1. The number of carbonyl (C=O) groups excluding carboxylic acids is 1. The molecule has 36 heavy (non-hydrogen) atoms. The van der Waals surface area contributed by atoms with E-state index in [1.165, 1.54) is 15.9 Å². The van der Waals surface area contributed by atoms with Crippen LogP contribution < -0.4 is 9.21 Å². The van der Waals surface area contributed by atoms with Crippen LogP contribution in [-0.4, -0.2) is 51.4 Å². The lowest BCUT2D eigenvalue weighted by molar-refractivity contribution is 0.0726. The Labute approximate surface area is 215 Å². The minimum atomic E-state index is -3.82. The molecule has 0 aliphatic carbocycles. The summed E-state index contributed by atoms with van der Waals surface area (Å²) in [6.07, 6.45) is 1.62. The zero-order valence-electron chi connectivity index (χ0n) is 21.3. The van der Waals surface area contributed by atoms with E-state index in [0.29, 0.717) is 30.9 Å². The van der Waals surface area contributed by atoms with E-state index in [4.69, 9.17) is 0 Å². The van der Waals surface area contributed by atoms with Crippen molar-refractivity contribution in [3.63, 3.8) is 0 Å². The number of aryl methyl sites for hydroxylation is 1. The zero-order valence-corrected chi connectivity index (χ0v) is 22.1. The van der Waals surface area contributed by atoms with Gasteiger partial charge < -0.3 is 9.80 Å². The fourth-order valence-electron chi connectivity index (χ4n) is 4.72. The molecule has 0 saturated carbocycles. The second-order valence-electron chi connectivity index (χ2n) is 9.43. The van der Waals surface area contributed by atoms with E-state index in [0.717, 1.165) is 25.1 Å². The fraction of sp³-hybridized carbons (Fsp3) is 0.345. The highest BCUT2D eigenvalue weighted by molar-refractivity contribution is 7.92. The van der Waals surface area contributed by atoms with Gasteiger partial charge in [0, 0.05) is 43.5 Å². The van der Waals surface area contributed by atoms with Gasteiger partial charge in [-0.2, -0.15) is 0 Å². The molecule has 4 rings (SSSR count). The van der Waals surface area contributed by atoms with Gasteiger partial charge in [-0.05, 0) is 68.3 Å². The molecule has 1 heterocycles. The molecule has 3 aromatic rings. The summed E-state index contributed by atoms with van der Waals surface area (Å²) < 4.78 is 28.8. The van der Waals surface area contributed by atoms with Gasteiger partial charge in [0.1, 0.15) is 0 Å². The van der Waals surface area contributed by atoms with Crippen molar-refractivity contribution in [1.82, 2.24) is 4.90 Å². The molecule has 6 nitrogen and oxygen atoms in total. The third kappa shape index (κ3) is 5.57. The normalized spacial score (nSPS) is 16.1. The number of rotatable bonds is 8. The first-order valence-electron chi connectivity index (χ1n) is 12.6. The van der Waals surface area contributed by atoms with E-state index in [1.54, 1.807) is 30.3 Å². The Hall–Kier alpha value is -3.32. The van der Waals surface area contributed by atoms with Crippen molar-refractivity contribution in [3.8, 4) is 0 Å². The van der Waals surface area contributed by atoms with Crippen molar-refractivity contribution < 1.29 is 13.2 Å². The van der Waals surface area contributed by atoms with E-state index in [2.05, 4.69) is 43.0 Å². The van der Waals surface area contributed by atoms with E-state index in [-0.39, 0.29) is 16.8 Å². The number of sulfonamides is 1. The number of amides is 1. The quantitative estimate of drug-likeness (QED) is 0.415. The highest BCUT2D eigenvalue weighted by Crippen LogP contribution is 2.26. The fourth-order valence-corrected chi connectivity index (χ4v) is 6.27. The van der Waals surface area contributed by atoms with Gasteiger partial charge in [0.15, 0.2) is 0 Å². The molecule has 1 atom stereocenters. The summed E-state index contributed by atoms with van der Waals surface area (Å²) in [7, 11) is -3.82. The number of benzene rings is 3. The predicted molar refractivity (Wildman–Crippen MR) is 146 cm³/mol. The molecule has 0 aromatic heterocycles. The summed E-state index contributed by atoms with van der Waals surface area (Å²) in [4.78, 5) is 17.7. The first-order chi connectivity index (χ1) is 17.3. The summed E-state index contributed by atoms with van der Waals surface area (Å²) in [6, 6.07) is 24.2. The molecule has 1 aliphatic rings. The molecule has 0 bridgehead atoms. The molecule has 1 fully saturated rings. The highest BCUT2D eigenvalue weighted by Gasteiger charge is 2.29. The van der Waals surface area contributed by atoms with Crippen LogP contribution in [0.4, 0.5) is 11.4 Å². The van der Waals surface area contributed by atoms with Crippen molar-refractivity contribution in [2.45, 2.75) is 44.6 Å². The summed E-state index contributed by atoms with van der Waals surface area (Å²) in [5, 5.41) is 0. The number of hydrogen-bond acceptors (Lipinski definition) is 4. The Kier molecular flexibility index (Phi) is 7.99. The highest BCUT2D eigenvalue weighted by atomic mass is 32.2. The maximum absolute atomic E-state index is 13.7. The predicted octanol–water partition coefficient (Wildman–Crippen LogP) is 5.34. The number of hydrogen-bond donors (Lipinski definition) is 0. The molecule has 7 heteroatoms. The number of anilines is 2. The Morgan fingerprint density at radius 2 is 1.72 bits per heavy atom. The molecule has 0 radical (unpaired) electrons. The minimum absolute atomic E-state index is 0.136. The Morgan fingerprint density at radius 3 is 2.42 bits per heavy atom. The second-order valence-corrected chi connectivity index (χ2v) is 11.3. The molecule has 1 saturated heterocycles. The van der Waals surface area contributed by atoms with Crippen LogP contribution in [0.3, 0.4) is 0 Å². The average Bonchev–Trinajstić information content (AvgIpc) is 2.89. The van der Waals surface area contributed by atoms with Gasteiger partial charge in [0.25, 0.3) is 15.9 Å². The minimum Gasteiger partial charge on any atom is -0.365 e. The van der Waals surface area contributed by atoms with Gasteiger partial charge in [-0.25, -0.2) is 8.42 Å². The average molecular weight is 506 g/mol. The lowest BCUT2D eigenvalue weighted by Gasteiger charge is -2.41. The number of nitrogens with zero attached hydrogens (tertiary/aromatic N) is 3. The molecule has 0 spiro atoms. The number of carbonyl (C=O) groups is 1. The third-order valence-corrected chi connectivity index (χ3v) is 8.50. The molecule has 3 aromatic carbocycles. The number of piperazine rings is 1. The van der Waals surface area contributed by atoms with E-state index < -0.39 is 10.0 Å². The summed E-state index contributed by atoms with van der Waals surface area (Å²) in [5.74, 6) is -0.136. The lowest BCUT2D eigenvalue weighted by atomic mass is 10.1. The van der Waals surface area contributed by atoms with Crippen LogP contribution in [0, 0.1) is 6.92 Å². The van der Waals surface area contributed by atoms with Gasteiger partial charge in [-0.1, -0.05) is 49.7 Å². The van der Waals surface area contributed by atoms with Crippen LogP contribution in [0.1, 0.15) is 42.6 Å². The molecule has 1 aliphatic heterocycles. The second kappa shape index (κ2) is 11.2. The Morgan fingerprint density at radius 1 is 0.972 bits per heavy atom. The van der Waals surface area contributed by atoms with Crippen LogP contribution >= 0.6 is 0 Å². The maximum Gasteiger partial charge on any atom is 0.264 e. The summed E-state index contributed by atoms with van der Waals surface area (Å²) in [6.45, 7) is 8.52. The molecule has 0 N–H and O–H groups in total. The standard InChI is InChI=1S/C29H35N3O3S/c1-4-5-17-32(26-13-7-6-8-14-26)36(34,35)28-16-10-12-25(21-28)29(33)30-18-19-31(24(3)22-30)27-15-9-11-23(2)20-27/h6-16,20-21,24H,4-5,17-19,22H2,1-3H3. The lowest BCUT2D eigenvalue weighted by Crippen LogP contribution is -2.53. The largest absolute Gasteiger partial charge is 0.365 e. The summed E-state index contributed by atoms with van der Waals surface area (Å²) >= 11 is 0. The van der Waals surface area contributed by atoms with Gasteiger partial charge in [-0.3, -0.25) is 9.10 Å². The van der Waals surface area contributed by atoms with Crippen LogP contribution in [0.25, 0.3) is 0 Å².